The molecule has 2 rings (SSSR count). The van der Waals surface area contributed by atoms with Gasteiger partial charge in [0.25, 0.3) is 0 Å². The maximum absolute atomic E-state index is 10.2. The molecule has 4 nitrogen and oxygen atoms in total. The molecule has 1 aromatic carbocycles. The lowest BCUT2D eigenvalue weighted by Crippen LogP contribution is -2.32. The van der Waals surface area contributed by atoms with E-state index in [4.69, 9.17) is 9.94 Å². The molecule has 1 aliphatic rings. The first-order valence-electron chi connectivity index (χ1n) is 6.27. The zero-order chi connectivity index (χ0) is 13.0. The normalized spacial score (nSPS) is 18.9. The Morgan fingerprint density at radius 3 is 2.78 bits per heavy atom. The second-order valence-electron chi connectivity index (χ2n) is 4.93. The van der Waals surface area contributed by atoms with Gasteiger partial charge in [0.2, 0.25) is 0 Å². The summed E-state index contributed by atoms with van der Waals surface area (Å²) in [5, 5.41) is 22.1. The van der Waals surface area contributed by atoms with E-state index < -0.39 is 5.60 Å². The highest BCUT2D eigenvalue weighted by atomic mass is 16.5. The van der Waals surface area contributed by atoms with Gasteiger partial charge in [-0.2, -0.15) is 0 Å². The highest BCUT2D eigenvalue weighted by Gasteiger charge is 2.31. The van der Waals surface area contributed by atoms with Crippen molar-refractivity contribution >= 4 is 5.71 Å². The van der Waals surface area contributed by atoms with Gasteiger partial charge in [0.1, 0.15) is 12.4 Å². The molecule has 0 unspecified atom stereocenters. The molecule has 0 aliphatic heterocycles. The Bertz CT molecular complexity index is 436. The van der Waals surface area contributed by atoms with Gasteiger partial charge in [-0.05, 0) is 31.9 Å². The molecule has 1 aromatic rings. The van der Waals surface area contributed by atoms with Crippen molar-refractivity contribution in [1.29, 1.82) is 0 Å². The Kier molecular flexibility index (Phi) is 3.87. The molecule has 18 heavy (non-hydrogen) atoms. The maximum atomic E-state index is 10.2. The van der Waals surface area contributed by atoms with Gasteiger partial charge in [-0.3, -0.25) is 0 Å². The number of hydrogen-bond acceptors (Lipinski definition) is 4. The summed E-state index contributed by atoms with van der Waals surface area (Å²) in [6, 6.07) is 7.35. The van der Waals surface area contributed by atoms with Crippen LogP contribution in [0.4, 0.5) is 0 Å². The van der Waals surface area contributed by atoms with Crippen LogP contribution in [-0.4, -0.2) is 28.2 Å². The highest BCUT2D eigenvalue weighted by Crippen LogP contribution is 2.30. The first kappa shape index (κ1) is 12.9. The summed E-state index contributed by atoms with van der Waals surface area (Å²) in [5.74, 6) is 0.691. The summed E-state index contributed by atoms with van der Waals surface area (Å²) in [4.78, 5) is 0. The summed E-state index contributed by atoms with van der Waals surface area (Å²) in [7, 11) is 0. The van der Waals surface area contributed by atoms with E-state index in [1.165, 1.54) is 0 Å². The molecule has 0 aromatic heterocycles. The zero-order valence-electron chi connectivity index (χ0n) is 10.6. The molecule has 1 aliphatic carbocycles. The molecule has 4 heteroatoms. The third-order valence-corrected chi connectivity index (χ3v) is 3.44. The first-order chi connectivity index (χ1) is 8.63. The summed E-state index contributed by atoms with van der Waals surface area (Å²) >= 11 is 0. The number of rotatable bonds is 4. The smallest absolute Gasteiger partial charge is 0.120 e. The van der Waals surface area contributed by atoms with E-state index in [0.717, 1.165) is 31.2 Å². The van der Waals surface area contributed by atoms with Crippen molar-refractivity contribution in [2.75, 3.05) is 6.61 Å². The van der Waals surface area contributed by atoms with Crippen molar-refractivity contribution in [1.82, 2.24) is 0 Å². The molecular weight excluding hydrogens is 230 g/mol. The van der Waals surface area contributed by atoms with Crippen LogP contribution in [0.1, 0.15) is 38.2 Å². The van der Waals surface area contributed by atoms with E-state index in [9.17, 15) is 5.11 Å². The second-order valence-corrected chi connectivity index (χ2v) is 4.93. The minimum absolute atomic E-state index is 0.325. The highest BCUT2D eigenvalue weighted by molar-refractivity contribution is 5.98. The topological polar surface area (TPSA) is 62.1 Å². The standard InChI is InChI=1S/C14H19NO3/c1-11(15-17)12-5-4-6-13(9-12)18-10-14(16)7-2-3-8-14/h4-6,9,16-17H,2-3,7-8,10H2,1H3. The lowest BCUT2D eigenvalue weighted by atomic mass is 10.0. The number of benzene rings is 1. The summed E-state index contributed by atoms with van der Waals surface area (Å²) in [5.41, 5.74) is 0.685. The lowest BCUT2D eigenvalue weighted by molar-refractivity contribution is 0.00140. The largest absolute Gasteiger partial charge is 0.491 e. The predicted molar refractivity (Wildman–Crippen MR) is 69.4 cm³/mol. The lowest BCUT2D eigenvalue weighted by Gasteiger charge is -2.22. The number of nitrogens with zero attached hydrogens (tertiary/aromatic N) is 1. The summed E-state index contributed by atoms with van der Waals surface area (Å²) < 4.78 is 5.64. The van der Waals surface area contributed by atoms with Gasteiger partial charge in [0, 0.05) is 5.56 Å². The molecule has 0 spiro atoms. The Hall–Kier alpha value is -1.55. The van der Waals surface area contributed by atoms with Gasteiger partial charge in [0.15, 0.2) is 0 Å². The van der Waals surface area contributed by atoms with Crippen LogP contribution < -0.4 is 4.74 Å². The van der Waals surface area contributed by atoms with Gasteiger partial charge in [-0.25, -0.2) is 0 Å². The van der Waals surface area contributed by atoms with E-state index in [1.54, 1.807) is 6.92 Å². The number of hydrogen-bond donors (Lipinski definition) is 2. The van der Waals surface area contributed by atoms with Crippen molar-refractivity contribution in [2.24, 2.45) is 5.16 Å². The van der Waals surface area contributed by atoms with Crippen LogP contribution in [0.5, 0.6) is 5.75 Å². The average molecular weight is 249 g/mol. The molecule has 0 bridgehead atoms. The quantitative estimate of drug-likeness (QED) is 0.490. The van der Waals surface area contributed by atoms with Crippen LogP contribution in [0, 0.1) is 0 Å². The van der Waals surface area contributed by atoms with Gasteiger partial charge >= 0.3 is 0 Å². The van der Waals surface area contributed by atoms with Crippen molar-refractivity contribution in [3.8, 4) is 5.75 Å². The number of oxime groups is 1. The van der Waals surface area contributed by atoms with Crippen molar-refractivity contribution in [3.05, 3.63) is 29.8 Å². The summed E-state index contributed by atoms with van der Waals surface area (Å²) in [6.45, 7) is 2.05. The Labute approximate surface area is 107 Å². The van der Waals surface area contributed by atoms with Crippen LogP contribution in [0.15, 0.2) is 29.4 Å². The fourth-order valence-corrected chi connectivity index (χ4v) is 2.26. The molecule has 0 saturated heterocycles. The third kappa shape index (κ3) is 3.01. The van der Waals surface area contributed by atoms with E-state index in [0.29, 0.717) is 18.1 Å². The SMILES string of the molecule is CC(=NO)c1cccc(OCC2(O)CCCC2)c1. The Morgan fingerprint density at radius 2 is 2.11 bits per heavy atom. The van der Waals surface area contributed by atoms with Crippen molar-refractivity contribution in [2.45, 2.75) is 38.2 Å². The first-order valence-corrected chi connectivity index (χ1v) is 6.27. The fourth-order valence-electron chi connectivity index (χ4n) is 2.26. The molecule has 98 valence electrons. The maximum Gasteiger partial charge on any atom is 0.120 e. The van der Waals surface area contributed by atoms with Crippen LogP contribution in [-0.2, 0) is 0 Å². The molecule has 1 saturated carbocycles. The van der Waals surface area contributed by atoms with Gasteiger partial charge in [-0.15, -0.1) is 0 Å². The monoisotopic (exact) mass is 249 g/mol. The Morgan fingerprint density at radius 1 is 1.39 bits per heavy atom. The summed E-state index contributed by atoms with van der Waals surface area (Å²) in [6.07, 6.45) is 3.75. The second kappa shape index (κ2) is 5.40. The molecule has 0 amide bonds. The fraction of sp³-hybridized carbons (Fsp3) is 0.500. The predicted octanol–water partition coefficient (Wildman–Crippen LogP) is 2.57. The third-order valence-electron chi connectivity index (χ3n) is 3.44. The van der Waals surface area contributed by atoms with E-state index in [-0.39, 0.29) is 0 Å². The van der Waals surface area contributed by atoms with E-state index >= 15 is 0 Å². The van der Waals surface area contributed by atoms with Crippen LogP contribution in [0.3, 0.4) is 0 Å². The molecular formula is C14H19NO3. The number of aliphatic hydroxyl groups is 1. The van der Waals surface area contributed by atoms with E-state index in [2.05, 4.69) is 5.16 Å². The van der Waals surface area contributed by atoms with Crippen LogP contribution >= 0.6 is 0 Å². The molecule has 1 fully saturated rings. The molecule has 0 heterocycles. The minimum atomic E-state index is -0.671. The van der Waals surface area contributed by atoms with Crippen molar-refractivity contribution in [3.63, 3.8) is 0 Å². The minimum Gasteiger partial charge on any atom is -0.491 e. The van der Waals surface area contributed by atoms with Crippen molar-refractivity contribution < 1.29 is 15.1 Å². The van der Waals surface area contributed by atoms with Gasteiger partial charge in [0.05, 0.1) is 11.3 Å². The molecule has 0 atom stereocenters. The molecule has 0 radical (unpaired) electrons. The van der Waals surface area contributed by atoms with E-state index in [1.807, 2.05) is 24.3 Å². The molecule has 2 N–H and O–H groups in total. The van der Waals surface area contributed by atoms with Gasteiger partial charge in [-0.1, -0.05) is 30.1 Å². The van der Waals surface area contributed by atoms with Crippen LogP contribution in [0.25, 0.3) is 0 Å². The van der Waals surface area contributed by atoms with Gasteiger partial charge < -0.3 is 15.1 Å². The Balaban J connectivity index is 2.01. The average Bonchev–Trinajstić information content (AvgIpc) is 2.83. The number of ether oxygens (including phenoxy) is 1. The zero-order valence-corrected chi connectivity index (χ0v) is 10.6. The van der Waals surface area contributed by atoms with Crippen LogP contribution in [0.2, 0.25) is 0 Å².